The molecule has 0 heterocycles. The summed E-state index contributed by atoms with van der Waals surface area (Å²) >= 11 is 5.92. The lowest BCUT2D eigenvalue weighted by molar-refractivity contribution is -0.136. The van der Waals surface area contributed by atoms with E-state index < -0.39 is 11.5 Å². The van der Waals surface area contributed by atoms with Crippen LogP contribution in [0.4, 0.5) is 0 Å². The van der Waals surface area contributed by atoms with E-state index in [1.165, 1.54) is 6.21 Å². The number of nitrogens with one attached hydrogen (secondary N) is 1. The van der Waals surface area contributed by atoms with Gasteiger partial charge in [0, 0.05) is 5.02 Å². The first-order chi connectivity index (χ1) is 16.6. The van der Waals surface area contributed by atoms with Gasteiger partial charge in [0.25, 0.3) is 5.91 Å². The second-order valence-corrected chi connectivity index (χ2v) is 8.07. The molecule has 4 rings (SSSR count). The van der Waals surface area contributed by atoms with Crippen LogP contribution in [0.1, 0.15) is 22.3 Å². The van der Waals surface area contributed by atoms with Gasteiger partial charge in [0.1, 0.15) is 12.4 Å². The van der Waals surface area contributed by atoms with E-state index in [0.717, 1.165) is 11.1 Å². The zero-order valence-corrected chi connectivity index (χ0v) is 19.0. The molecule has 0 saturated heterocycles. The lowest BCUT2D eigenvalue weighted by Crippen LogP contribution is -2.43. The third-order valence-electron chi connectivity index (χ3n) is 5.27. The first kappa shape index (κ1) is 23.2. The Labute approximate surface area is 203 Å². The molecule has 0 aromatic heterocycles. The predicted molar refractivity (Wildman–Crippen MR) is 134 cm³/mol. The van der Waals surface area contributed by atoms with Crippen LogP contribution in [0.25, 0.3) is 0 Å². The van der Waals surface area contributed by atoms with Gasteiger partial charge in [0.15, 0.2) is 5.60 Å². The highest BCUT2D eigenvalue weighted by molar-refractivity contribution is 6.30. The van der Waals surface area contributed by atoms with Crippen molar-refractivity contribution in [3.05, 3.63) is 136 Å². The highest BCUT2D eigenvalue weighted by Crippen LogP contribution is 2.29. The smallest absolute Gasteiger partial charge is 0.281 e. The molecule has 0 atom stereocenters. The van der Waals surface area contributed by atoms with Gasteiger partial charge < -0.3 is 9.84 Å². The summed E-state index contributed by atoms with van der Waals surface area (Å²) in [5, 5.41) is 16.2. The number of aliphatic hydroxyl groups is 1. The van der Waals surface area contributed by atoms with E-state index in [4.69, 9.17) is 16.3 Å². The third-order valence-corrected chi connectivity index (χ3v) is 5.52. The number of carbonyl (C=O) groups excluding carboxylic acids is 1. The molecule has 0 saturated carbocycles. The molecule has 0 spiro atoms. The van der Waals surface area contributed by atoms with Gasteiger partial charge in [-0.15, -0.1) is 0 Å². The highest BCUT2D eigenvalue weighted by atomic mass is 35.5. The second kappa shape index (κ2) is 10.8. The third kappa shape index (κ3) is 5.52. The second-order valence-electron chi connectivity index (χ2n) is 7.63. The fourth-order valence-corrected chi connectivity index (χ4v) is 3.59. The number of amides is 1. The molecule has 170 valence electrons. The molecule has 4 aromatic rings. The number of halogens is 1. The summed E-state index contributed by atoms with van der Waals surface area (Å²) in [6, 6.07) is 32.3. The molecule has 34 heavy (non-hydrogen) atoms. The minimum absolute atomic E-state index is 0.398. The van der Waals surface area contributed by atoms with Gasteiger partial charge in [-0.25, -0.2) is 5.43 Å². The summed E-state index contributed by atoms with van der Waals surface area (Å²) in [4.78, 5) is 13.1. The Morgan fingerprint density at radius 1 is 0.882 bits per heavy atom. The number of rotatable bonds is 8. The molecule has 0 aliphatic carbocycles. The lowest BCUT2D eigenvalue weighted by Gasteiger charge is -2.27. The molecular formula is C28H23ClN2O3. The monoisotopic (exact) mass is 470 g/mol. The molecule has 1 amide bonds. The SMILES string of the molecule is O=C(N/N=C\c1cccc(OCc2ccc(Cl)cc2)c1)C(O)(c1ccccc1)c1ccccc1. The quantitative estimate of drug-likeness (QED) is 0.271. The molecule has 0 unspecified atom stereocenters. The van der Waals surface area contributed by atoms with Crippen LogP contribution in [0.5, 0.6) is 5.75 Å². The Balaban J connectivity index is 1.46. The Morgan fingerprint density at radius 3 is 2.12 bits per heavy atom. The molecule has 2 N–H and O–H groups in total. The van der Waals surface area contributed by atoms with Crippen LogP contribution in [0, 0.1) is 0 Å². The largest absolute Gasteiger partial charge is 0.489 e. The van der Waals surface area contributed by atoms with Crippen LogP contribution in [0.15, 0.2) is 114 Å². The molecule has 0 aliphatic heterocycles. The minimum atomic E-state index is -1.89. The van der Waals surface area contributed by atoms with Crippen LogP contribution in [-0.2, 0) is 17.0 Å². The Kier molecular flexibility index (Phi) is 7.38. The average molecular weight is 471 g/mol. The van der Waals surface area contributed by atoms with Gasteiger partial charge in [-0.2, -0.15) is 5.10 Å². The number of hydrazone groups is 1. The van der Waals surface area contributed by atoms with Crippen molar-refractivity contribution in [2.45, 2.75) is 12.2 Å². The maximum atomic E-state index is 13.1. The minimum Gasteiger partial charge on any atom is -0.489 e. The van der Waals surface area contributed by atoms with Crippen molar-refractivity contribution in [2.24, 2.45) is 5.10 Å². The fourth-order valence-electron chi connectivity index (χ4n) is 3.47. The van der Waals surface area contributed by atoms with Crippen LogP contribution in [0.2, 0.25) is 5.02 Å². The van der Waals surface area contributed by atoms with Crippen molar-refractivity contribution in [1.29, 1.82) is 0 Å². The van der Waals surface area contributed by atoms with Gasteiger partial charge in [0.05, 0.1) is 6.21 Å². The van der Waals surface area contributed by atoms with Gasteiger partial charge in [-0.1, -0.05) is 96.5 Å². The van der Waals surface area contributed by atoms with E-state index in [-0.39, 0.29) is 0 Å². The molecule has 0 fully saturated rings. The van der Waals surface area contributed by atoms with Crippen molar-refractivity contribution < 1.29 is 14.6 Å². The zero-order chi connectivity index (χ0) is 23.8. The van der Waals surface area contributed by atoms with E-state index in [9.17, 15) is 9.90 Å². The summed E-state index contributed by atoms with van der Waals surface area (Å²) in [6.45, 7) is 0.398. The van der Waals surface area contributed by atoms with Crippen molar-refractivity contribution in [2.75, 3.05) is 0 Å². The van der Waals surface area contributed by atoms with Gasteiger partial charge in [-0.3, -0.25) is 4.79 Å². The van der Waals surface area contributed by atoms with Crippen LogP contribution >= 0.6 is 11.6 Å². The number of carbonyl (C=O) groups is 1. The van der Waals surface area contributed by atoms with Crippen LogP contribution in [0.3, 0.4) is 0 Å². The van der Waals surface area contributed by atoms with E-state index in [1.807, 2.05) is 60.7 Å². The average Bonchev–Trinajstić information content (AvgIpc) is 2.89. The van der Waals surface area contributed by atoms with Gasteiger partial charge >= 0.3 is 0 Å². The number of benzene rings is 4. The summed E-state index contributed by atoms with van der Waals surface area (Å²) in [5.74, 6) is 0.00611. The molecule has 0 bridgehead atoms. The summed E-state index contributed by atoms with van der Waals surface area (Å²) in [5.41, 5.74) is 3.22. The Bertz CT molecular complexity index is 1220. The number of hydrogen-bond acceptors (Lipinski definition) is 4. The van der Waals surface area contributed by atoms with Gasteiger partial charge in [-0.05, 0) is 46.5 Å². The molecule has 0 radical (unpaired) electrons. The first-order valence-electron chi connectivity index (χ1n) is 10.7. The maximum Gasteiger partial charge on any atom is 0.281 e. The van der Waals surface area contributed by atoms with Crippen molar-refractivity contribution >= 4 is 23.7 Å². The zero-order valence-electron chi connectivity index (χ0n) is 18.3. The topological polar surface area (TPSA) is 70.9 Å². The van der Waals surface area contributed by atoms with Crippen molar-refractivity contribution in [3.8, 4) is 5.75 Å². The summed E-state index contributed by atoms with van der Waals surface area (Å²) in [7, 11) is 0. The number of hydrogen-bond donors (Lipinski definition) is 2. The van der Waals surface area contributed by atoms with Crippen LogP contribution in [-0.4, -0.2) is 17.2 Å². The van der Waals surface area contributed by atoms with E-state index >= 15 is 0 Å². The van der Waals surface area contributed by atoms with E-state index in [0.29, 0.717) is 28.5 Å². The summed E-state index contributed by atoms with van der Waals surface area (Å²) in [6.07, 6.45) is 1.50. The lowest BCUT2D eigenvalue weighted by atomic mass is 9.85. The van der Waals surface area contributed by atoms with Crippen molar-refractivity contribution in [3.63, 3.8) is 0 Å². The van der Waals surface area contributed by atoms with E-state index in [2.05, 4.69) is 10.5 Å². The Morgan fingerprint density at radius 2 is 1.50 bits per heavy atom. The number of ether oxygens (including phenoxy) is 1. The van der Waals surface area contributed by atoms with Gasteiger partial charge in [0.2, 0.25) is 0 Å². The van der Waals surface area contributed by atoms with E-state index in [1.54, 1.807) is 48.5 Å². The fraction of sp³-hybridized carbons (Fsp3) is 0.0714. The molecular weight excluding hydrogens is 448 g/mol. The molecule has 0 aliphatic rings. The molecule has 4 aromatic carbocycles. The maximum absolute atomic E-state index is 13.1. The normalized spacial score (nSPS) is 11.4. The summed E-state index contributed by atoms with van der Waals surface area (Å²) < 4.78 is 5.84. The first-order valence-corrected chi connectivity index (χ1v) is 11.1. The van der Waals surface area contributed by atoms with Crippen molar-refractivity contribution in [1.82, 2.24) is 5.43 Å². The predicted octanol–water partition coefficient (Wildman–Crippen LogP) is 5.31. The molecule has 6 heteroatoms. The van der Waals surface area contributed by atoms with Crippen LogP contribution < -0.4 is 10.2 Å². The Hall–Kier alpha value is -3.93. The highest BCUT2D eigenvalue weighted by Gasteiger charge is 2.39. The standard InChI is InChI=1S/C28H23ClN2O3/c29-25-16-14-21(15-17-25)20-34-26-13-7-8-22(18-26)19-30-31-27(32)28(33,23-9-3-1-4-10-23)24-11-5-2-6-12-24/h1-19,33H,20H2,(H,31,32)/b30-19-. The number of nitrogens with zero attached hydrogens (tertiary/aromatic N) is 1. The molecule has 5 nitrogen and oxygen atoms in total.